The Morgan fingerprint density at radius 3 is 2.16 bits per heavy atom. The maximum absolute atomic E-state index is 12.3. The molecule has 19 heavy (non-hydrogen) atoms. The summed E-state index contributed by atoms with van der Waals surface area (Å²) in [6.45, 7) is 1.47. The number of benzene rings is 1. The molecule has 0 saturated heterocycles. The van der Waals surface area contributed by atoms with Crippen LogP contribution in [0.25, 0.3) is 0 Å². The highest BCUT2D eigenvalue weighted by atomic mass is 32.2. The van der Waals surface area contributed by atoms with Gasteiger partial charge in [-0.2, -0.15) is 13.2 Å². The maximum Gasteiger partial charge on any atom is 0.416 e. The number of alkyl halides is 3. The van der Waals surface area contributed by atoms with E-state index in [0.29, 0.717) is 0 Å². The number of hydrogen-bond donors (Lipinski definition) is 0. The second-order valence-electron chi connectivity index (χ2n) is 3.81. The van der Waals surface area contributed by atoms with Gasteiger partial charge in [-0.3, -0.25) is 0 Å². The van der Waals surface area contributed by atoms with Gasteiger partial charge in [0.1, 0.15) is 5.75 Å². The molecule has 0 saturated carbocycles. The van der Waals surface area contributed by atoms with Crippen molar-refractivity contribution in [2.24, 2.45) is 4.99 Å². The van der Waals surface area contributed by atoms with Crippen LogP contribution in [0.5, 0.6) is 5.75 Å². The summed E-state index contributed by atoms with van der Waals surface area (Å²) in [6.07, 6.45) is -4.45. The minimum atomic E-state index is -4.45. The van der Waals surface area contributed by atoms with Gasteiger partial charge in [-0.1, -0.05) is 0 Å². The Bertz CT molecular complexity index is 657. The van der Waals surface area contributed by atoms with Crippen LogP contribution in [0.1, 0.15) is 12.5 Å². The minimum absolute atomic E-state index is 0.0292. The lowest BCUT2D eigenvalue weighted by atomic mass is 10.2. The number of nitrogens with zero attached hydrogens (tertiary/aromatic N) is 1. The summed E-state index contributed by atoms with van der Waals surface area (Å²) in [4.78, 5) is 3.65. The van der Waals surface area contributed by atoms with Crippen molar-refractivity contribution < 1.29 is 26.3 Å². The Balaban J connectivity index is 2.21. The van der Waals surface area contributed by atoms with Crippen molar-refractivity contribution in [1.82, 2.24) is 0 Å². The van der Waals surface area contributed by atoms with Gasteiger partial charge in [0, 0.05) is 0 Å². The SMILES string of the molecule is CC1=CS(=O)(=O)C(Oc2ccc(C(F)(F)F)cc2)=N1. The molecule has 4 nitrogen and oxygen atoms in total. The van der Waals surface area contributed by atoms with Crippen LogP contribution in [-0.2, 0) is 16.0 Å². The van der Waals surface area contributed by atoms with Gasteiger partial charge in [0.05, 0.1) is 16.7 Å². The van der Waals surface area contributed by atoms with E-state index in [0.717, 1.165) is 29.7 Å². The molecular formula is C11H8F3NO3S. The molecular weight excluding hydrogens is 283 g/mol. The van der Waals surface area contributed by atoms with Crippen LogP contribution >= 0.6 is 0 Å². The summed E-state index contributed by atoms with van der Waals surface area (Å²) >= 11 is 0. The first kappa shape index (κ1) is 13.6. The molecule has 0 fully saturated rings. The number of allylic oxidation sites excluding steroid dienone is 1. The fourth-order valence-corrected chi connectivity index (χ4v) is 2.49. The number of sulfone groups is 1. The fraction of sp³-hybridized carbons (Fsp3) is 0.182. The van der Waals surface area contributed by atoms with Crippen LogP contribution in [0, 0.1) is 0 Å². The summed E-state index contributed by atoms with van der Waals surface area (Å²) in [5, 5.41) is 0.386. The van der Waals surface area contributed by atoms with Crippen LogP contribution in [-0.4, -0.2) is 13.6 Å². The van der Waals surface area contributed by atoms with E-state index in [1.165, 1.54) is 6.92 Å². The first-order chi connectivity index (χ1) is 8.68. The second-order valence-corrected chi connectivity index (χ2v) is 5.48. The first-order valence-electron chi connectivity index (χ1n) is 5.06. The Morgan fingerprint density at radius 1 is 1.16 bits per heavy atom. The molecule has 0 aromatic heterocycles. The molecule has 0 radical (unpaired) electrons. The molecule has 0 amide bonds. The highest BCUT2D eigenvalue weighted by Crippen LogP contribution is 2.30. The number of rotatable bonds is 1. The van der Waals surface area contributed by atoms with E-state index in [4.69, 9.17) is 4.74 Å². The normalized spacial score (nSPS) is 17.9. The van der Waals surface area contributed by atoms with Crippen molar-refractivity contribution in [1.29, 1.82) is 0 Å². The fourth-order valence-electron chi connectivity index (χ4n) is 1.40. The molecule has 1 aromatic carbocycles. The molecule has 8 heteroatoms. The predicted molar refractivity (Wildman–Crippen MR) is 62.2 cm³/mol. The third-order valence-corrected chi connectivity index (χ3v) is 3.54. The van der Waals surface area contributed by atoms with E-state index in [1.54, 1.807) is 0 Å². The highest BCUT2D eigenvalue weighted by molar-refractivity contribution is 8.08. The average Bonchev–Trinajstić information content (AvgIpc) is 2.51. The number of ether oxygens (including phenoxy) is 1. The Labute approximate surface area is 107 Å². The minimum Gasteiger partial charge on any atom is -0.430 e. The lowest BCUT2D eigenvalue weighted by Gasteiger charge is -2.08. The zero-order chi connectivity index (χ0) is 14.3. The van der Waals surface area contributed by atoms with Crippen molar-refractivity contribution in [2.75, 3.05) is 0 Å². The monoisotopic (exact) mass is 291 g/mol. The third-order valence-electron chi connectivity index (χ3n) is 2.22. The first-order valence-corrected chi connectivity index (χ1v) is 6.60. The molecule has 0 aliphatic carbocycles. The molecule has 1 heterocycles. The lowest BCUT2D eigenvalue weighted by molar-refractivity contribution is -0.137. The molecule has 1 aromatic rings. The Kier molecular flexibility index (Phi) is 3.13. The maximum atomic E-state index is 12.3. The molecule has 0 atom stereocenters. The average molecular weight is 291 g/mol. The van der Waals surface area contributed by atoms with Crippen molar-refractivity contribution in [2.45, 2.75) is 13.1 Å². The molecule has 102 valence electrons. The van der Waals surface area contributed by atoms with E-state index >= 15 is 0 Å². The van der Waals surface area contributed by atoms with Gasteiger partial charge in [0.2, 0.25) is 0 Å². The van der Waals surface area contributed by atoms with Crippen LogP contribution < -0.4 is 4.74 Å². The van der Waals surface area contributed by atoms with Crippen LogP contribution in [0.15, 0.2) is 40.4 Å². The quantitative estimate of drug-likeness (QED) is 0.799. The molecule has 2 rings (SSSR count). The van der Waals surface area contributed by atoms with E-state index in [-0.39, 0.29) is 11.4 Å². The van der Waals surface area contributed by atoms with Crippen LogP contribution in [0.3, 0.4) is 0 Å². The zero-order valence-corrected chi connectivity index (χ0v) is 10.4. The highest BCUT2D eigenvalue weighted by Gasteiger charge is 2.30. The van der Waals surface area contributed by atoms with E-state index in [1.807, 2.05) is 0 Å². The van der Waals surface area contributed by atoms with Gasteiger partial charge >= 0.3 is 11.4 Å². The summed E-state index contributed by atoms with van der Waals surface area (Å²) in [5.41, 5.74) is -0.590. The number of aliphatic imine (C=N–C) groups is 1. The molecule has 0 unspecified atom stereocenters. The van der Waals surface area contributed by atoms with E-state index < -0.39 is 26.8 Å². The zero-order valence-electron chi connectivity index (χ0n) is 9.60. The molecule has 1 aliphatic rings. The smallest absolute Gasteiger partial charge is 0.416 e. The van der Waals surface area contributed by atoms with Gasteiger partial charge in [0.25, 0.3) is 9.84 Å². The molecule has 1 aliphatic heterocycles. The van der Waals surface area contributed by atoms with Crippen molar-refractivity contribution in [3.05, 3.63) is 40.9 Å². The standard InChI is InChI=1S/C11H8F3NO3S/c1-7-6-19(16,17)10(15-7)18-9-4-2-8(3-5-9)11(12,13)14/h2-6H,1H3. The van der Waals surface area contributed by atoms with Crippen molar-refractivity contribution in [3.8, 4) is 5.75 Å². The summed E-state index contributed by atoms with van der Waals surface area (Å²) in [5.74, 6) is -0.0292. The predicted octanol–water partition coefficient (Wildman–Crippen LogP) is 2.73. The van der Waals surface area contributed by atoms with Gasteiger partial charge in [-0.25, -0.2) is 13.4 Å². The largest absolute Gasteiger partial charge is 0.430 e. The number of halogens is 3. The van der Waals surface area contributed by atoms with Gasteiger partial charge in [-0.05, 0) is 31.2 Å². The Morgan fingerprint density at radius 2 is 1.74 bits per heavy atom. The van der Waals surface area contributed by atoms with Crippen molar-refractivity contribution in [3.63, 3.8) is 0 Å². The third kappa shape index (κ3) is 2.95. The van der Waals surface area contributed by atoms with E-state index in [9.17, 15) is 21.6 Å². The van der Waals surface area contributed by atoms with Crippen LogP contribution in [0.4, 0.5) is 13.2 Å². The summed E-state index contributed by atoms with van der Waals surface area (Å²) in [6, 6.07) is 3.68. The van der Waals surface area contributed by atoms with E-state index in [2.05, 4.69) is 4.99 Å². The molecule has 0 N–H and O–H groups in total. The Hall–Kier alpha value is -1.83. The number of hydrogen-bond acceptors (Lipinski definition) is 4. The van der Waals surface area contributed by atoms with Gasteiger partial charge in [0.15, 0.2) is 0 Å². The second kappa shape index (κ2) is 4.37. The lowest BCUT2D eigenvalue weighted by Crippen LogP contribution is -2.16. The van der Waals surface area contributed by atoms with Gasteiger partial charge in [-0.15, -0.1) is 0 Å². The molecule has 0 spiro atoms. The topological polar surface area (TPSA) is 55.7 Å². The van der Waals surface area contributed by atoms with Crippen molar-refractivity contribution >= 4 is 15.1 Å². The van der Waals surface area contributed by atoms with Crippen LogP contribution in [0.2, 0.25) is 0 Å². The summed E-state index contributed by atoms with van der Waals surface area (Å²) in [7, 11) is -3.73. The molecule has 0 bridgehead atoms. The summed E-state index contributed by atoms with van der Waals surface area (Å²) < 4.78 is 64.9. The van der Waals surface area contributed by atoms with Gasteiger partial charge < -0.3 is 4.74 Å².